The molecule has 2 heterocycles. The predicted octanol–water partition coefficient (Wildman–Crippen LogP) is 2.30. The van der Waals surface area contributed by atoms with Crippen LogP contribution in [-0.2, 0) is 22.1 Å². The van der Waals surface area contributed by atoms with Crippen LogP contribution in [0, 0.1) is 5.92 Å². The monoisotopic (exact) mass is 334 g/mol. The van der Waals surface area contributed by atoms with E-state index in [1.165, 1.54) is 12.8 Å². The number of fused-ring (bicyclic) bond motifs is 2. The van der Waals surface area contributed by atoms with Crippen LogP contribution in [0.15, 0.2) is 29.2 Å². The van der Waals surface area contributed by atoms with E-state index in [-0.39, 0.29) is 5.91 Å². The summed E-state index contributed by atoms with van der Waals surface area (Å²) in [6.45, 7) is 0.618. The van der Waals surface area contributed by atoms with Gasteiger partial charge in [0.1, 0.15) is 0 Å². The van der Waals surface area contributed by atoms with Crippen LogP contribution in [-0.4, -0.2) is 40.4 Å². The molecule has 126 valence electrons. The maximum atomic E-state index is 12.5. The minimum atomic E-state index is -0.951. The SMILES string of the molecule is CN(Cc1ccc(S(C)=O)cc1)C(=O)CC1CC2CCC(C1)N2. The standard InChI is InChI=1S/C18H26N2O2S/c1-20(12-13-3-7-17(8-4-13)23(2)22)18(21)11-14-9-15-5-6-16(10-14)19-15/h3-4,7-8,14-16,19H,5-6,9-12H2,1-2H3. The fourth-order valence-corrected chi connectivity index (χ4v) is 4.41. The first kappa shape index (κ1) is 16.7. The van der Waals surface area contributed by atoms with Gasteiger partial charge in [-0.1, -0.05) is 12.1 Å². The molecule has 0 aliphatic carbocycles. The molecule has 0 saturated carbocycles. The van der Waals surface area contributed by atoms with Crippen molar-refractivity contribution in [3.05, 3.63) is 29.8 Å². The highest BCUT2D eigenvalue weighted by molar-refractivity contribution is 7.84. The second kappa shape index (κ2) is 7.14. The van der Waals surface area contributed by atoms with Crippen LogP contribution < -0.4 is 5.32 Å². The number of nitrogens with zero attached hydrogens (tertiary/aromatic N) is 1. The zero-order valence-electron chi connectivity index (χ0n) is 14.0. The number of piperidine rings is 1. The van der Waals surface area contributed by atoms with Gasteiger partial charge in [0.25, 0.3) is 0 Å². The van der Waals surface area contributed by atoms with Crippen LogP contribution in [0.2, 0.25) is 0 Å². The lowest BCUT2D eigenvalue weighted by atomic mass is 9.89. The quantitative estimate of drug-likeness (QED) is 0.899. The molecule has 5 heteroatoms. The Kier molecular flexibility index (Phi) is 5.17. The fourth-order valence-electron chi connectivity index (χ4n) is 3.89. The summed E-state index contributed by atoms with van der Waals surface area (Å²) in [7, 11) is 0.928. The van der Waals surface area contributed by atoms with Gasteiger partial charge in [0.15, 0.2) is 0 Å². The lowest BCUT2D eigenvalue weighted by Crippen LogP contribution is -2.39. The van der Waals surface area contributed by atoms with Crippen molar-refractivity contribution in [3.8, 4) is 0 Å². The molecule has 2 fully saturated rings. The number of hydrogen-bond acceptors (Lipinski definition) is 3. The van der Waals surface area contributed by atoms with E-state index >= 15 is 0 Å². The minimum absolute atomic E-state index is 0.236. The van der Waals surface area contributed by atoms with Gasteiger partial charge in [-0.2, -0.15) is 0 Å². The minimum Gasteiger partial charge on any atom is -0.341 e. The van der Waals surface area contributed by atoms with Gasteiger partial charge < -0.3 is 10.2 Å². The molecule has 3 atom stereocenters. The summed E-state index contributed by atoms with van der Waals surface area (Å²) < 4.78 is 11.4. The Morgan fingerprint density at radius 1 is 1.22 bits per heavy atom. The third-order valence-corrected chi connectivity index (χ3v) is 6.07. The molecule has 1 N–H and O–H groups in total. The first-order valence-corrected chi connectivity index (χ1v) is 9.99. The van der Waals surface area contributed by atoms with Gasteiger partial charge in [-0.3, -0.25) is 9.00 Å². The average Bonchev–Trinajstić information content (AvgIpc) is 2.86. The van der Waals surface area contributed by atoms with Crippen LogP contribution in [0.5, 0.6) is 0 Å². The zero-order valence-corrected chi connectivity index (χ0v) is 14.8. The molecule has 0 radical (unpaired) electrons. The molecule has 2 bridgehead atoms. The number of carbonyl (C=O) groups is 1. The number of hydrogen-bond donors (Lipinski definition) is 1. The van der Waals surface area contributed by atoms with Crippen LogP contribution >= 0.6 is 0 Å². The molecule has 0 spiro atoms. The normalized spacial score (nSPS) is 27.7. The number of nitrogens with one attached hydrogen (secondary N) is 1. The van der Waals surface area contributed by atoms with Crippen LogP contribution in [0.4, 0.5) is 0 Å². The van der Waals surface area contributed by atoms with Crippen molar-refractivity contribution in [1.29, 1.82) is 0 Å². The molecule has 2 saturated heterocycles. The third kappa shape index (κ3) is 4.21. The molecule has 3 unspecified atom stereocenters. The van der Waals surface area contributed by atoms with E-state index in [9.17, 15) is 9.00 Å². The topological polar surface area (TPSA) is 49.4 Å². The summed E-state index contributed by atoms with van der Waals surface area (Å²) in [6, 6.07) is 8.97. The highest BCUT2D eigenvalue weighted by Gasteiger charge is 2.34. The third-order valence-electron chi connectivity index (χ3n) is 5.13. The van der Waals surface area contributed by atoms with Crippen molar-refractivity contribution in [2.24, 2.45) is 5.92 Å². The summed E-state index contributed by atoms with van der Waals surface area (Å²) in [5.74, 6) is 0.771. The van der Waals surface area contributed by atoms with Gasteiger partial charge in [0.2, 0.25) is 5.91 Å². The number of rotatable bonds is 5. The molecule has 3 rings (SSSR count). The average molecular weight is 334 g/mol. The van der Waals surface area contributed by atoms with E-state index in [1.54, 1.807) is 6.26 Å². The summed E-state index contributed by atoms with van der Waals surface area (Å²) in [4.78, 5) is 15.1. The smallest absolute Gasteiger partial charge is 0.222 e. The zero-order chi connectivity index (χ0) is 16.4. The van der Waals surface area contributed by atoms with Crippen molar-refractivity contribution in [2.45, 2.75) is 55.6 Å². The first-order valence-electron chi connectivity index (χ1n) is 8.43. The molecule has 1 aromatic rings. The Balaban J connectivity index is 1.52. The van der Waals surface area contributed by atoms with Gasteiger partial charge in [-0.15, -0.1) is 0 Å². The Bertz CT molecular complexity index is 575. The summed E-state index contributed by atoms with van der Waals surface area (Å²) in [5.41, 5.74) is 1.08. The highest BCUT2D eigenvalue weighted by atomic mass is 32.2. The first-order chi connectivity index (χ1) is 11.0. The Morgan fingerprint density at radius 3 is 2.39 bits per heavy atom. The van der Waals surface area contributed by atoms with Gasteiger partial charge in [-0.05, 0) is 49.3 Å². The number of carbonyl (C=O) groups excluding carboxylic acids is 1. The predicted molar refractivity (Wildman–Crippen MR) is 92.5 cm³/mol. The van der Waals surface area contributed by atoms with Gasteiger partial charge in [-0.25, -0.2) is 0 Å². The maximum absolute atomic E-state index is 12.5. The van der Waals surface area contributed by atoms with E-state index in [1.807, 2.05) is 36.2 Å². The van der Waals surface area contributed by atoms with Crippen molar-refractivity contribution in [2.75, 3.05) is 13.3 Å². The molecular formula is C18H26N2O2S. The van der Waals surface area contributed by atoms with E-state index in [0.29, 0.717) is 31.0 Å². The van der Waals surface area contributed by atoms with Crippen LogP contribution in [0.25, 0.3) is 0 Å². The molecule has 2 aliphatic rings. The molecule has 23 heavy (non-hydrogen) atoms. The fraction of sp³-hybridized carbons (Fsp3) is 0.611. The van der Waals surface area contributed by atoms with E-state index < -0.39 is 10.8 Å². The Morgan fingerprint density at radius 2 is 1.83 bits per heavy atom. The van der Waals surface area contributed by atoms with Crippen molar-refractivity contribution >= 4 is 16.7 Å². The molecular weight excluding hydrogens is 308 g/mol. The lowest BCUT2D eigenvalue weighted by Gasteiger charge is -2.30. The molecule has 2 aliphatic heterocycles. The molecule has 1 amide bonds. The van der Waals surface area contributed by atoms with E-state index in [2.05, 4.69) is 5.32 Å². The second-order valence-corrected chi connectivity index (χ2v) is 8.41. The summed E-state index contributed by atoms with van der Waals surface area (Å²) in [5, 5.41) is 3.63. The van der Waals surface area contributed by atoms with Gasteiger partial charge in [0, 0.05) is 54.0 Å². The van der Waals surface area contributed by atoms with Crippen molar-refractivity contribution in [1.82, 2.24) is 10.2 Å². The largest absolute Gasteiger partial charge is 0.341 e. The van der Waals surface area contributed by atoms with Crippen molar-refractivity contribution < 1.29 is 9.00 Å². The number of benzene rings is 1. The molecule has 0 aromatic heterocycles. The van der Waals surface area contributed by atoms with Crippen molar-refractivity contribution in [3.63, 3.8) is 0 Å². The maximum Gasteiger partial charge on any atom is 0.222 e. The van der Waals surface area contributed by atoms with Gasteiger partial charge >= 0.3 is 0 Å². The highest BCUT2D eigenvalue weighted by Crippen LogP contribution is 2.33. The van der Waals surface area contributed by atoms with E-state index in [0.717, 1.165) is 23.3 Å². The second-order valence-electron chi connectivity index (χ2n) is 7.03. The molecule has 1 aromatic carbocycles. The Hall–Kier alpha value is -1.20. The van der Waals surface area contributed by atoms with E-state index in [4.69, 9.17) is 0 Å². The summed E-state index contributed by atoms with van der Waals surface area (Å²) in [6.07, 6.45) is 7.19. The lowest BCUT2D eigenvalue weighted by molar-refractivity contribution is -0.131. The van der Waals surface area contributed by atoms with Gasteiger partial charge in [0.05, 0.1) is 0 Å². The number of amides is 1. The Labute approximate surface area is 141 Å². The van der Waals surface area contributed by atoms with Crippen LogP contribution in [0.3, 0.4) is 0 Å². The summed E-state index contributed by atoms with van der Waals surface area (Å²) >= 11 is 0. The molecule has 4 nitrogen and oxygen atoms in total. The van der Waals surface area contributed by atoms with Crippen LogP contribution in [0.1, 0.15) is 37.7 Å².